The number of phenols is 1. The molecule has 0 spiro atoms. The van der Waals surface area contributed by atoms with Crippen molar-refractivity contribution in [1.29, 1.82) is 0 Å². The first-order valence-electron chi connectivity index (χ1n) is 7.20. The van der Waals surface area contributed by atoms with E-state index in [1.165, 1.54) is 5.56 Å². The monoisotopic (exact) mass is 379 g/mol. The van der Waals surface area contributed by atoms with E-state index in [4.69, 9.17) is 10.8 Å². The summed E-state index contributed by atoms with van der Waals surface area (Å²) < 4.78 is 73.1. The third-order valence-electron chi connectivity index (χ3n) is 3.12. The van der Waals surface area contributed by atoms with Crippen LogP contribution >= 0.6 is 0 Å². The van der Waals surface area contributed by atoms with Crippen LogP contribution in [0.1, 0.15) is 27.0 Å². The first-order valence-corrected chi connectivity index (χ1v) is 7.20. The van der Waals surface area contributed by atoms with E-state index in [-0.39, 0.29) is 12.4 Å². The van der Waals surface area contributed by atoms with Gasteiger partial charge in [-0.15, -0.1) is 0 Å². The highest BCUT2D eigenvalue weighted by Crippen LogP contribution is 2.35. The second-order valence-electron chi connectivity index (χ2n) is 5.16. The zero-order valence-electron chi connectivity index (χ0n) is 13.2. The zero-order chi connectivity index (χ0) is 20.0. The van der Waals surface area contributed by atoms with Crippen molar-refractivity contribution in [2.75, 3.05) is 6.54 Å². The minimum Gasteiger partial charge on any atom is -0.508 e. The second-order valence-corrected chi connectivity index (χ2v) is 5.16. The molecular formula is C17H15F6NO2. The van der Waals surface area contributed by atoms with Crippen molar-refractivity contribution < 1.29 is 36.2 Å². The number of nitrogens with two attached hydrogens (primary N) is 1. The van der Waals surface area contributed by atoms with Gasteiger partial charge in [-0.2, -0.15) is 26.3 Å². The highest BCUT2D eigenvalue weighted by atomic mass is 19.4. The van der Waals surface area contributed by atoms with Crippen LogP contribution in [0.25, 0.3) is 0 Å². The van der Waals surface area contributed by atoms with Gasteiger partial charge in [-0.25, -0.2) is 0 Å². The number of aldehydes is 1. The highest BCUT2D eigenvalue weighted by molar-refractivity contribution is 5.75. The van der Waals surface area contributed by atoms with E-state index in [9.17, 15) is 31.1 Å². The number of phenolic OH excluding ortho intramolecular Hbond substituents is 1. The zero-order valence-corrected chi connectivity index (χ0v) is 13.2. The molecule has 2 aromatic rings. The van der Waals surface area contributed by atoms with Crippen molar-refractivity contribution in [1.82, 2.24) is 0 Å². The molecule has 0 aromatic heterocycles. The SMILES string of the molecule is NCCc1ccc(O)cc1.O=Cc1cc(C(F)(F)F)cc(C(F)(F)F)c1. The molecule has 0 atom stereocenters. The van der Waals surface area contributed by atoms with Gasteiger partial charge in [0.15, 0.2) is 0 Å². The summed E-state index contributed by atoms with van der Waals surface area (Å²) in [5.41, 5.74) is 2.85. The van der Waals surface area contributed by atoms with Gasteiger partial charge >= 0.3 is 12.4 Å². The van der Waals surface area contributed by atoms with Gasteiger partial charge in [-0.3, -0.25) is 4.79 Å². The Morgan fingerprint density at radius 3 is 1.69 bits per heavy atom. The third kappa shape index (κ3) is 6.75. The van der Waals surface area contributed by atoms with Crippen LogP contribution in [0.4, 0.5) is 26.3 Å². The molecule has 0 heterocycles. The van der Waals surface area contributed by atoms with Gasteiger partial charge in [0.1, 0.15) is 12.0 Å². The Labute approximate surface area is 145 Å². The van der Waals surface area contributed by atoms with E-state index in [1.807, 2.05) is 12.1 Å². The lowest BCUT2D eigenvalue weighted by atomic mass is 10.1. The molecule has 0 unspecified atom stereocenters. The van der Waals surface area contributed by atoms with E-state index in [2.05, 4.69) is 0 Å². The number of carbonyl (C=O) groups excluding carboxylic acids is 1. The Kier molecular flexibility index (Phi) is 7.19. The first-order chi connectivity index (χ1) is 12.0. The topological polar surface area (TPSA) is 63.3 Å². The quantitative estimate of drug-likeness (QED) is 0.613. The summed E-state index contributed by atoms with van der Waals surface area (Å²) in [5, 5.41) is 8.89. The van der Waals surface area contributed by atoms with Crippen LogP contribution in [0.2, 0.25) is 0 Å². The summed E-state index contributed by atoms with van der Waals surface area (Å²) in [6.45, 7) is 0.658. The molecule has 142 valence electrons. The molecule has 3 nitrogen and oxygen atoms in total. The lowest BCUT2D eigenvalue weighted by molar-refractivity contribution is -0.143. The van der Waals surface area contributed by atoms with Crippen molar-refractivity contribution >= 4 is 6.29 Å². The normalized spacial score (nSPS) is 11.5. The molecule has 3 N–H and O–H groups in total. The predicted octanol–water partition coefficient (Wildman–Crippen LogP) is 4.43. The maximum Gasteiger partial charge on any atom is 0.416 e. The maximum absolute atomic E-state index is 12.2. The summed E-state index contributed by atoms with van der Waals surface area (Å²) >= 11 is 0. The minimum atomic E-state index is -4.92. The standard InChI is InChI=1S/C9H4F6O.C8H11NO/c10-8(11,12)6-1-5(4-16)2-7(3-6)9(13,14)15;9-6-5-7-1-3-8(10)4-2-7/h1-4H;1-4,10H,5-6,9H2. The molecule has 0 saturated carbocycles. The van der Waals surface area contributed by atoms with Crippen LogP contribution in [-0.4, -0.2) is 17.9 Å². The Bertz CT molecular complexity index is 691. The number of aromatic hydroxyl groups is 1. The molecule has 0 aliphatic heterocycles. The summed E-state index contributed by atoms with van der Waals surface area (Å²) in [5.74, 6) is 0.306. The van der Waals surface area contributed by atoms with Gasteiger partial charge in [0.25, 0.3) is 0 Å². The largest absolute Gasteiger partial charge is 0.508 e. The van der Waals surface area contributed by atoms with Gasteiger partial charge in [0.2, 0.25) is 0 Å². The molecule has 0 aliphatic rings. The fourth-order valence-corrected chi connectivity index (χ4v) is 1.88. The maximum atomic E-state index is 12.2. The summed E-state index contributed by atoms with van der Waals surface area (Å²) in [7, 11) is 0. The number of halogens is 6. The van der Waals surface area contributed by atoms with E-state index in [0.29, 0.717) is 24.4 Å². The van der Waals surface area contributed by atoms with Crippen LogP contribution in [0, 0.1) is 0 Å². The molecule has 2 aromatic carbocycles. The molecular weight excluding hydrogens is 364 g/mol. The van der Waals surface area contributed by atoms with E-state index in [1.54, 1.807) is 12.1 Å². The number of rotatable bonds is 3. The fraction of sp³-hybridized carbons (Fsp3) is 0.235. The minimum absolute atomic E-state index is 0.0347. The number of benzene rings is 2. The Balaban J connectivity index is 0.000000289. The van der Waals surface area contributed by atoms with Crippen molar-refractivity contribution in [3.8, 4) is 5.75 Å². The number of hydrogen-bond acceptors (Lipinski definition) is 3. The van der Waals surface area contributed by atoms with Crippen LogP contribution in [0.3, 0.4) is 0 Å². The molecule has 26 heavy (non-hydrogen) atoms. The Morgan fingerprint density at radius 1 is 0.885 bits per heavy atom. The molecule has 0 aliphatic carbocycles. The first kappa shape index (κ1) is 21.5. The van der Waals surface area contributed by atoms with Gasteiger partial charge in [-0.1, -0.05) is 12.1 Å². The molecule has 0 saturated heterocycles. The summed E-state index contributed by atoms with van der Waals surface area (Å²) in [6.07, 6.45) is -9.02. The van der Waals surface area contributed by atoms with Crippen LogP contribution in [0.5, 0.6) is 5.75 Å². The van der Waals surface area contributed by atoms with Crippen LogP contribution in [0.15, 0.2) is 42.5 Å². The smallest absolute Gasteiger partial charge is 0.416 e. The average molecular weight is 379 g/mol. The molecule has 0 fully saturated rings. The third-order valence-corrected chi connectivity index (χ3v) is 3.12. The van der Waals surface area contributed by atoms with E-state index in [0.717, 1.165) is 6.42 Å². The average Bonchev–Trinajstić information content (AvgIpc) is 2.56. The van der Waals surface area contributed by atoms with Crippen molar-refractivity contribution in [2.45, 2.75) is 18.8 Å². The van der Waals surface area contributed by atoms with Gasteiger partial charge in [0, 0.05) is 5.56 Å². The van der Waals surface area contributed by atoms with Crippen molar-refractivity contribution in [2.24, 2.45) is 5.73 Å². The van der Waals surface area contributed by atoms with E-state index < -0.39 is 29.0 Å². The molecule has 9 heteroatoms. The number of carbonyl (C=O) groups is 1. The Hall–Kier alpha value is -2.55. The summed E-state index contributed by atoms with van der Waals surface area (Å²) in [4.78, 5) is 10.2. The van der Waals surface area contributed by atoms with Gasteiger partial charge in [-0.05, 0) is 48.9 Å². The predicted molar refractivity (Wildman–Crippen MR) is 82.7 cm³/mol. The van der Waals surface area contributed by atoms with Crippen molar-refractivity contribution in [3.63, 3.8) is 0 Å². The van der Waals surface area contributed by atoms with E-state index >= 15 is 0 Å². The van der Waals surface area contributed by atoms with Crippen molar-refractivity contribution in [3.05, 3.63) is 64.7 Å². The molecule has 0 amide bonds. The van der Waals surface area contributed by atoms with Gasteiger partial charge in [0.05, 0.1) is 11.1 Å². The second kappa shape index (κ2) is 8.70. The number of alkyl halides is 6. The van der Waals surface area contributed by atoms with Crippen LogP contribution in [-0.2, 0) is 18.8 Å². The number of hydrogen-bond donors (Lipinski definition) is 2. The lowest BCUT2D eigenvalue weighted by Crippen LogP contribution is -2.11. The molecule has 0 bridgehead atoms. The van der Waals surface area contributed by atoms with Crippen LogP contribution < -0.4 is 5.73 Å². The highest BCUT2D eigenvalue weighted by Gasteiger charge is 2.36. The molecule has 0 radical (unpaired) electrons. The lowest BCUT2D eigenvalue weighted by Gasteiger charge is -2.12. The molecule has 2 rings (SSSR count). The van der Waals surface area contributed by atoms with Gasteiger partial charge < -0.3 is 10.8 Å². The Morgan fingerprint density at radius 2 is 1.35 bits per heavy atom. The summed E-state index contributed by atoms with van der Waals surface area (Å²) in [6, 6.07) is 7.79. The fourth-order valence-electron chi connectivity index (χ4n) is 1.88.